The normalized spacial score (nSPS) is 22.7. The first kappa shape index (κ1) is 30.0. The Labute approximate surface area is 268 Å². The van der Waals surface area contributed by atoms with Crippen LogP contribution in [-0.2, 0) is 20.9 Å². The minimum absolute atomic E-state index is 0.00814. The van der Waals surface area contributed by atoms with E-state index in [1.165, 1.54) is 0 Å². The number of amides is 4. The van der Waals surface area contributed by atoms with Crippen molar-refractivity contribution in [1.29, 1.82) is 0 Å². The standard InChI is InChI=1S/C36H38N4O6/c41-33-17-27(23-4-2-1-3-5-23)20-39(33)19-26-7-6-25(36(44)38-29-18-34(42)40(21-29)30-10-11-30)16-32(26)46-31-12-8-24(9-13-31)35(43)37-28-14-15-45-22-28/h1-9,12-13,16,27-30H,10-11,14-15,17-22H2,(H,37,43)(H,38,44). The van der Waals surface area contributed by atoms with Gasteiger partial charge >= 0.3 is 0 Å². The molecule has 4 fully saturated rings. The van der Waals surface area contributed by atoms with E-state index in [0.29, 0.717) is 74.4 Å². The predicted molar refractivity (Wildman–Crippen MR) is 169 cm³/mol. The van der Waals surface area contributed by atoms with Crippen LogP contribution in [0.15, 0.2) is 72.8 Å². The van der Waals surface area contributed by atoms with Gasteiger partial charge in [-0.05, 0) is 61.2 Å². The van der Waals surface area contributed by atoms with Gasteiger partial charge < -0.3 is 29.9 Å². The van der Waals surface area contributed by atoms with Gasteiger partial charge in [-0.15, -0.1) is 0 Å². The number of nitrogens with zero attached hydrogens (tertiary/aromatic N) is 2. The van der Waals surface area contributed by atoms with Crippen LogP contribution in [0.25, 0.3) is 0 Å². The number of carbonyl (C=O) groups excluding carboxylic acids is 4. The largest absolute Gasteiger partial charge is 0.457 e. The summed E-state index contributed by atoms with van der Waals surface area (Å²) in [6.07, 6.45) is 3.59. The summed E-state index contributed by atoms with van der Waals surface area (Å²) in [4.78, 5) is 55.3. The number of nitrogens with one attached hydrogen (secondary N) is 2. The highest BCUT2D eigenvalue weighted by atomic mass is 16.5. The molecular formula is C36H38N4O6. The second-order valence-corrected chi connectivity index (χ2v) is 12.7. The summed E-state index contributed by atoms with van der Waals surface area (Å²) in [6.45, 7) is 2.61. The van der Waals surface area contributed by atoms with E-state index in [-0.39, 0.29) is 41.6 Å². The van der Waals surface area contributed by atoms with Gasteiger partial charge in [-0.3, -0.25) is 19.2 Å². The topological polar surface area (TPSA) is 117 Å². The summed E-state index contributed by atoms with van der Waals surface area (Å²) in [7, 11) is 0. The number of carbonyl (C=O) groups is 4. The SMILES string of the molecule is O=C(NC1CCOC1)c1ccc(Oc2cc(C(=O)NC3CC(=O)N(C4CC4)C3)ccc2CN2CC(c3ccccc3)CC2=O)cc1. The van der Waals surface area contributed by atoms with Crippen molar-refractivity contribution in [2.45, 2.75) is 62.7 Å². The van der Waals surface area contributed by atoms with Crippen molar-refractivity contribution in [2.24, 2.45) is 0 Å². The number of hydrogen-bond donors (Lipinski definition) is 2. The highest BCUT2D eigenvalue weighted by Gasteiger charge is 2.40. The molecule has 1 saturated carbocycles. The van der Waals surface area contributed by atoms with Crippen molar-refractivity contribution in [1.82, 2.24) is 20.4 Å². The van der Waals surface area contributed by atoms with Crippen molar-refractivity contribution < 1.29 is 28.7 Å². The summed E-state index contributed by atoms with van der Waals surface area (Å²) in [5, 5.41) is 6.01. The summed E-state index contributed by atoms with van der Waals surface area (Å²) in [5.41, 5.74) is 2.81. The quantitative estimate of drug-likeness (QED) is 0.353. The van der Waals surface area contributed by atoms with Crippen LogP contribution in [0.1, 0.15) is 69.9 Å². The van der Waals surface area contributed by atoms with E-state index in [1.54, 1.807) is 36.4 Å². The molecule has 0 aromatic heterocycles. The number of likely N-dealkylation sites (tertiary alicyclic amines) is 2. The van der Waals surface area contributed by atoms with Gasteiger partial charge in [0.05, 0.1) is 18.7 Å². The van der Waals surface area contributed by atoms with Crippen LogP contribution in [0, 0.1) is 0 Å². The molecule has 3 atom stereocenters. The van der Waals surface area contributed by atoms with Gasteiger partial charge in [0.25, 0.3) is 11.8 Å². The van der Waals surface area contributed by atoms with Gasteiger partial charge in [-0.25, -0.2) is 0 Å². The molecule has 4 aliphatic rings. The van der Waals surface area contributed by atoms with Crippen LogP contribution in [0.2, 0.25) is 0 Å². The first-order valence-electron chi connectivity index (χ1n) is 16.1. The van der Waals surface area contributed by atoms with Gasteiger partial charge in [0.15, 0.2) is 0 Å². The maximum Gasteiger partial charge on any atom is 0.251 e. The molecule has 46 heavy (non-hydrogen) atoms. The first-order valence-corrected chi connectivity index (χ1v) is 16.1. The molecule has 0 spiro atoms. The Morgan fingerprint density at radius 3 is 2.28 bits per heavy atom. The monoisotopic (exact) mass is 622 g/mol. The predicted octanol–water partition coefficient (Wildman–Crippen LogP) is 4.01. The smallest absolute Gasteiger partial charge is 0.251 e. The molecule has 3 aromatic carbocycles. The molecule has 10 nitrogen and oxygen atoms in total. The molecule has 3 unspecified atom stereocenters. The van der Waals surface area contributed by atoms with E-state index < -0.39 is 0 Å². The van der Waals surface area contributed by atoms with Gasteiger partial charge in [0.2, 0.25) is 11.8 Å². The van der Waals surface area contributed by atoms with Crippen molar-refractivity contribution in [3.8, 4) is 11.5 Å². The van der Waals surface area contributed by atoms with Crippen LogP contribution in [0.3, 0.4) is 0 Å². The molecule has 0 radical (unpaired) electrons. The Kier molecular flexibility index (Phi) is 8.45. The van der Waals surface area contributed by atoms with E-state index in [4.69, 9.17) is 9.47 Å². The van der Waals surface area contributed by atoms with Crippen LogP contribution >= 0.6 is 0 Å². The molecule has 3 aliphatic heterocycles. The van der Waals surface area contributed by atoms with Crippen molar-refractivity contribution in [2.75, 3.05) is 26.3 Å². The molecule has 10 heteroatoms. The van der Waals surface area contributed by atoms with Gasteiger partial charge in [-0.1, -0.05) is 36.4 Å². The molecule has 1 aliphatic carbocycles. The summed E-state index contributed by atoms with van der Waals surface area (Å²) >= 11 is 0. The summed E-state index contributed by atoms with van der Waals surface area (Å²) < 4.78 is 11.7. The second-order valence-electron chi connectivity index (χ2n) is 12.7. The maximum absolute atomic E-state index is 13.4. The van der Waals surface area contributed by atoms with E-state index in [0.717, 1.165) is 30.4 Å². The third-order valence-corrected chi connectivity index (χ3v) is 9.27. The number of benzene rings is 3. The Morgan fingerprint density at radius 1 is 0.804 bits per heavy atom. The molecule has 0 bridgehead atoms. The average molecular weight is 623 g/mol. The fourth-order valence-electron chi connectivity index (χ4n) is 6.56. The molecule has 4 amide bonds. The van der Waals surface area contributed by atoms with Gasteiger partial charge in [0, 0.05) is 67.7 Å². The average Bonchev–Trinajstić information content (AvgIpc) is 3.46. The van der Waals surface area contributed by atoms with Crippen molar-refractivity contribution >= 4 is 23.6 Å². The van der Waals surface area contributed by atoms with Crippen LogP contribution in [0.4, 0.5) is 0 Å². The Morgan fingerprint density at radius 2 is 1.54 bits per heavy atom. The molecule has 3 aromatic rings. The van der Waals surface area contributed by atoms with E-state index in [9.17, 15) is 19.2 Å². The second kappa shape index (κ2) is 13.0. The number of rotatable bonds is 10. The van der Waals surface area contributed by atoms with E-state index in [2.05, 4.69) is 22.8 Å². The molecular weight excluding hydrogens is 584 g/mol. The molecule has 3 heterocycles. The lowest BCUT2D eigenvalue weighted by atomic mass is 9.98. The van der Waals surface area contributed by atoms with Crippen LogP contribution in [-0.4, -0.2) is 77.9 Å². The van der Waals surface area contributed by atoms with Crippen molar-refractivity contribution in [3.05, 3.63) is 95.1 Å². The third-order valence-electron chi connectivity index (χ3n) is 9.27. The highest BCUT2D eigenvalue weighted by molar-refractivity contribution is 5.96. The Bertz CT molecular complexity index is 1620. The lowest BCUT2D eigenvalue weighted by molar-refractivity contribution is -0.129. The molecule has 7 rings (SSSR count). The molecule has 3 saturated heterocycles. The lowest BCUT2D eigenvalue weighted by Gasteiger charge is -2.20. The van der Waals surface area contributed by atoms with E-state index >= 15 is 0 Å². The third kappa shape index (κ3) is 6.77. The summed E-state index contributed by atoms with van der Waals surface area (Å²) in [5.74, 6) is 0.758. The minimum atomic E-state index is -0.281. The number of hydrogen-bond acceptors (Lipinski definition) is 6. The maximum atomic E-state index is 13.4. The number of ether oxygens (including phenoxy) is 2. The summed E-state index contributed by atoms with van der Waals surface area (Å²) in [6, 6.07) is 22.2. The zero-order valence-corrected chi connectivity index (χ0v) is 25.7. The van der Waals surface area contributed by atoms with Gasteiger partial charge in [0.1, 0.15) is 11.5 Å². The zero-order valence-electron chi connectivity index (χ0n) is 25.7. The Hall–Kier alpha value is -4.70. The minimum Gasteiger partial charge on any atom is -0.457 e. The highest BCUT2D eigenvalue weighted by Crippen LogP contribution is 2.34. The van der Waals surface area contributed by atoms with Crippen molar-refractivity contribution in [3.63, 3.8) is 0 Å². The lowest BCUT2D eigenvalue weighted by Crippen LogP contribution is -2.37. The van der Waals surface area contributed by atoms with Crippen LogP contribution < -0.4 is 15.4 Å². The fraction of sp³-hybridized carbons (Fsp3) is 0.389. The van der Waals surface area contributed by atoms with Crippen LogP contribution in [0.5, 0.6) is 11.5 Å². The molecule has 238 valence electrons. The fourth-order valence-corrected chi connectivity index (χ4v) is 6.56. The van der Waals surface area contributed by atoms with E-state index in [1.807, 2.05) is 34.1 Å². The molecule has 2 N–H and O–H groups in total. The Balaban J connectivity index is 1.08. The van der Waals surface area contributed by atoms with Gasteiger partial charge in [-0.2, -0.15) is 0 Å². The zero-order chi connectivity index (χ0) is 31.6. The first-order chi connectivity index (χ1) is 22.4.